The fourth-order valence-corrected chi connectivity index (χ4v) is 9.08. The third-order valence-electron chi connectivity index (χ3n) is 10.4. The number of anilines is 2. The van der Waals surface area contributed by atoms with Gasteiger partial charge in [-0.3, -0.25) is 24.1 Å². The molecule has 2 saturated heterocycles. The zero-order valence-corrected chi connectivity index (χ0v) is 27.8. The van der Waals surface area contributed by atoms with Crippen LogP contribution in [0.4, 0.5) is 11.4 Å². The van der Waals surface area contributed by atoms with Gasteiger partial charge in [-0.05, 0) is 102 Å². The summed E-state index contributed by atoms with van der Waals surface area (Å²) in [4.78, 5) is 60.6. The highest BCUT2D eigenvalue weighted by Gasteiger charge is 2.71. The van der Waals surface area contributed by atoms with Crippen molar-refractivity contribution >= 4 is 69.2 Å². The Bertz CT molecular complexity index is 1990. The second kappa shape index (κ2) is 11.3. The van der Waals surface area contributed by atoms with Crippen molar-refractivity contribution in [2.24, 2.45) is 23.7 Å². The Morgan fingerprint density at radius 2 is 1.60 bits per heavy atom. The number of aliphatic hydroxyl groups excluding tert-OH is 1. The van der Waals surface area contributed by atoms with E-state index in [1.54, 1.807) is 48.5 Å². The number of benzene rings is 3. The number of allylic oxidation sites excluding steroid dienone is 2. The van der Waals surface area contributed by atoms with E-state index in [9.17, 15) is 19.5 Å². The number of nitrogens with zero attached hydrogens (tertiary/aromatic N) is 2. The van der Waals surface area contributed by atoms with Gasteiger partial charge in [0.2, 0.25) is 23.6 Å². The molecule has 3 aromatic carbocycles. The minimum absolute atomic E-state index is 0.188. The minimum Gasteiger partial charge on any atom is -0.463 e. The highest BCUT2D eigenvalue weighted by molar-refractivity contribution is 14.1. The van der Waals surface area contributed by atoms with E-state index in [0.717, 1.165) is 9.14 Å². The number of rotatable bonds is 5. The van der Waals surface area contributed by atoms with Crippen LogP contribution in [0.15, 0.2) is 107 Å². The summed E-state index contributed by atoms with van der Waals surface area (Å²) in [5, 5.41) is 10.3. The molecule has 2 aliphatic heterocycles. The molecule has 8 rings (SSSR count). The normalized spacial score (nSPS) is 28.3. The van der Waals surface area contributed by atoms with E-state index in [4.69, 9.17) is 16.0 Å². The quantitative estimate of drug-likeness (QED) is 0.144. The first kappa shape index (κ1) is 30.3. The molecule has 1 saturated carbocycles. The molecule has 2 aliphatic carbocycles. The number of fused-ring (bicyclic) bond motifs is 4. The van der Waals surface area contributed by atoms with Gasteiger partial charge in [0.1, 0.15) is 23.5 Å². The van der Waals surface area contributed by atoms with Crippen LogP contribution in [-0.2, 0) is 31.2 Å². The van der Waals surface area contributed by atoms with Gasteiger partial charge >= 0.3 is 0 Å². The Hall–Kier alpha value is -4.06. The molecule has 47 heavy (non-hydrogen) atoms. The van der Waals surface area contributed by atoms with Crippen LogP contribution < -0.4 is 9.80 Å². The number of carbonyl (C=O) groups excluding carboxylic acids is 4. The van der Waals surface area contributed by atoms with Gasteiger partial charge in [-0.25, -0.2) is 4.90 Å². The number of hydrogen-bond acceptors (Lipinski definition) is 6. The average molecular weight is 759 g/mol. The van der Waals surface area contributed by atoms with Gasteiger partial charge in [0.05, 0.1) is 35.0 Å². The summed E-state index contributed by atoms with van der Waals surface area (Å²) in [5.41, 5.74) is 0.890. The van der Waals surface area contributed by atoms with Crippen LogP contribution in [0.1, 0.15) is 35.8 Å². The lowest BCUT2D eigenvalue weighted by atomic mass is 9.50. The number of furan rings is 1. The molecule has 3 fully saturated rings. The Morgan fingerprint density at radius 3 is 2.30 bits per heavy atom. The maximum atomic E-state index is 15.1. The highest BCUT2D eigenvalue weighted by atomic mass is 127. The van der Waals surface area contributed by atoms with E-state index in [1.807, 2.05) is 48.5 Å². The molecule has 8 nitrogen and oxygen atoms in total. The molecule has 1 aromatic heterocycles. The summed E-state index contributed by atoms with van der Waals surface area (Å²) >= 11 is 8.54. The van der Waals surface area contributed by atoms with Crippen molar-refractivity contribution in [3.63, 3.8) is 0 Å². The predicted octanol–water partition coefficient (Wildman–Crippen LogP) is 6.40. The van der Waals surface area contributed by atoms with E-state index in [1.165, 1.54) is 9.80 Å². The van der Waals surface area contributed by atoms with Gasteiger partial charge in [-0.2, -0.15) is 0 Å². The largest absolute Gasteiger partial charge is 0.463 e. The van der Waals surface area contributed by atoms with E-state index < -0.39 is 46.8 Å². The molecule has 0 radical (unpaired) electrons. The number of aliphatic hydroxyl groups is 1. The molecular weight excluding hydrogens is 731 g/mol. The van der Waals surface area contributed by atoms with Gasteiger partial charge in [-0.15, -0.1) is 0 Å². The fourth-order valence-electron chi connectivity index (χ4n) is 8.53. The molecule has 0 unspecified atom stereocenters. The number of halogens is 2. The van der Waals surface area contributed by atoms with Crippen LogP contribution in [0.5, 0.6) is 0 Å². The van der Waals surface area contributed by atoms with Crippen LogP contribution in [0.25, 0.3) is 0 Å². The van der Waals surface area contributed by atoms with Crippen molar-refractivity contribution in [3.05, 3.63) is 128 Å². The Kier molecular flexibility index (Phi) is 7.27. The van der Waals surface area contributed by atoms with Crippen molar-refractivity contribution in [3.8, 4) is 0 Å². The zero-order chi connectivity index (χ0) is 32.6. The van der Waals surface area contributed by atoms with Crippen molar-refractivity contribution < 1.29 is 28.7 Å². The lowest BCUT2D eigenvalue weighted by Gasteiger charge is -2.49. The number of imide groups is 2. The smallest absolute Gasteiger partial charge is 0.246 e. The number of amides is 4. The van der Waals surface area contributed by atoms with Gasteiger partial charge in [0.15, 0.2) is 0 Å². The summed E-state index contributed by atoms with van der Waals surface area (Å²) < 4.78 is 7.20. The van der Waals surface area contributed by atoms with E-state index >= 15 is 4.79 Å². The third-order valence-corrected chi connectivity index (χ3v) is 11.3. The first-order chi connectivity index (χ1) is 22.7. The number of carbonyl (C=O) groups is 4. The van der Waals surface area contributed by atoms with E-state index in [-0.39, 0.29) is 24.8 Å². The minimum atomic E-state index is -1.43. The predicted molar refractivity (Wildman–Crippen MR) is 182 cm³/mol. The summed E-state index contributed by atoms with van der Waals surface area (Å²) in [7, 11) is 0. The summed E-state index contributed by atoms with van der Waals surface area (Å²) in [6.45, 7) is -0.346. The summed E-state index contributed by atoms with van der Waals surface area (Å²) in [6.07, 6.45) is 2.48. The second-order valence-electron chi connectivity index (χ2n) is 12.5. The highest BCUT2D eigenvalue weighted by Crippen LogP contribution is 2.64. The fraction of sp³-hybridized carbons (Fsp3) is 0.243. The van der Waals surface area contributed by atoms with E-state index in [0.29, 0.717) is 39.9 Å². The van der Waals surface area contributed by atoms with Crippen molar-refractivity contribution in [2.75, 3.05) is 9.80 Å². The molecule has 6 atom stereocenters. The maximum absolute atomic E-state index is 15.1. The van der Waals surface area contributed by atoms with E-state index in [2.05, 4.69) is 22.6 Å². The zero-order valence-electron chi connectivity index (χ0n) is 24.9. The maximum Gasteiger partial charge on any atom is 0.246 e. The molecular formula is C37H28ClIN2O6. The van der Waals surface area contributed by atoms with Gasteiger partial charge in [0.25, 0.3) is 0 Å². The first-order valence-corrected chi connectivity index (χ1v) is 16.9. The topological polar surface area (TPSA) is 108 Å². The van der Waals surface area contributed by atoms with Crippen molar-refractivity contribution in [1.29, 1.82) is 0 Å². The van der Waals surface area contributed by atoms with Crippen molar-refractivity contribution in [2.45, 2.75) is 30.8 Å². The van der Waals surface area contributed by atoms with Crippen LogP contribution >= 0.6 is 34.2 Å². The molecule has 4 aromatic rings. The summed E-state index contributed by atoms with van der Waals surface area (Å²) in [6, 6.07) is 26.6. The lowest BCUT2D eigenvalue weighted by Crippen LogP contribution is -2.53. The molecule has 4 amide bonds. The Balaban J connectivity index is 1.34. The van der Waals surface area contributed by atoms with Crippen molar-refractivity contribution in [1.82, 2.24) is 0 Å². The second-order valence-corrected chi connectivity index (χ2v) is 14.2. The monoisotopic (exact) mass is 758 g/mol. The van der Waals surface area contributed by atoms with Gasteiger partial charge < -0.3 is 9.52 Å². The third kappa shape index (κ3) is 4.36. The molecule has 0 bridgehead atoms. The molecule has 3 heterocycles. The van der Waals surface area contributed by atoms with Crippen LogP contribution in [-0.4, -0.2) is 28.7 Å². The Morgan fingerprint density at radius 1 is 0.830 bits per heavy atom. The SMILES string of the molecule is O=C1[C@H]2[C@H](CC=C3[C@H]2C[C@H]2C(=O)N(c4cccc(Cl)c4)C(=O)[C@@]2(c2ccccc2)[C@H]3c2ccc(CO)o2)C(=O)N1c1ccc(I)cc1. The lowest BCUT2D eigenvalue weighted by molar-refractivity contribution is -0.127. The van der Waals surface area contributed by atoms with Crippen LogP contribution in [0, 0.1) is 27.2 Å². The summed E-state index contributed by atoms with van der Waals surface area (Å²) in [5.74, 6) is -4.14. The average Bonchev–Trinajstić information content (AvgIpc) is 3.72. The standard InChI is InChI=1S/C37H28ClIN2O6/c38-21-7-4-8-24(17-21)41-34(44)29-18-28-26(14-15-27-31(28)35(45)40(33(27)43)23-11-9-22(39)10-12-23)32(30-16-13-25(19-42)47-30)37(29,36(41)46)20-5-2-1-3-6-20/h1-14,16-17,27-29,31-32,42H,15,18-19H2/t27-,28+,29-,31-,32+,37+/m0/s1. The van der Waals surface area contributed by atoms with Gasteiger partial charge in [0, 0.05) is 8.59 Å². The molecule has 1 N–H and O–H groups in total. The first-order valence-electron chi connectivity index (χ1n) is 15.5. The molecule has 0 spiro atoms. The molecule has 10 heteroatoms. The van der Waals surface area contributed by atoms with Crippen LogP contribution in [0.3, 0.4) is 0 Å². The Labute approximate surface area is 289 Å². The number of hydrogen-bond donors (Lipinski definition) is 1. The molecule has 236 valence electrons. The van der Waals surface area contributed by atoms with Crippen LogP contribution in [0.2, 0.25) is 5.02 Å². The molecule has 4 aliphatic rings. The van der Waals surface area contributed by atoms with Gasteiger partial charge in [-0.1, -0.05) is 59.6 Å².